The van der Waals surface area contributed by atoms with Crippen LogP contribution in [0.3, 0.4) is 0 Å². The molecule has 0 spiro atoms. The fourth-order valence-electron chi connectivity index (χ4n) is 5.72. The number of halogens is 1. The lowest BCUT2D eigenvalue weighted by atomic mass is 9.84. The smallest absolute Gasteiger partial charge is 0.388 e. The highest BCUT2D eigenvalue weighted by atomic mass is 35.5. The van der Waals surface area contributed by atoms with E-state index < -0.39 is 58.9 Å². The Morgan fingerprint density at radius 3 is 2.63 bits per heavy atom. The van der Waals surface area contributed by atoms with Gasteiger partial charge in [-0.3, -0.25) is 4.79 Å². The number of carbonyl (C=O) groups is 1. The Bertz CT molecular complexity index is 1080. The molecule has 0 radical (unpaired) electrons. The molecule has 3 saturated heterocycles. The molecular weight excluding hydrogens is 532 g/mol. The number of nitrogens with one attached hydrogen (secondary N) is 2. The zero-order valence-corrected chi connectivity index (χ0v) is 22.8. The van der Waals surface area contributed by atoms with Crippen LogP contribution in [0.15, 0.2) is 24.3 Å². The molecule has 1 aromatic rings. The molecule has 1 amide bonds. The normalized spacial score (nSPS) is 38.6. The van der Waals surface area contributed by atoms with Crippen LogP contribution in [0.2, 0.25) is 0 Å². The van der Waals surface area contributed by atoms with Crippen molar-refractivity contribution in [1.82, 2.24) is 10.6 Å². The first-order valence-electron chi connectivity index (χ1n) is 12.6. The monoisotopic (exact) mass is 565 g/mol. The van der Waals surface area contributed by atoms with Crippen molar-refractivity contribution >= 4 is 29.3 Å². The van der Waals surface area contributed by atoms with Gasteiger partial charge in [0, 0.05) is 19.1 Å². The van der Waals surface area contributed by atoms with E-state index in [1.165, 1.54) is 11.8 Å². The largest absolute Gasteiger partial charge is 0.437 e. The lowest BCUT2D eigenvalue weighted by Gasteiger charge is -2.44. The summed E-state index contributed by atoms with van der Waals surface area (Å²) in [4.78, 5) is 17.8. The minimum Gasteiger partial charge on any atom is -0.388 e. The molecule has 3 fully saturated rings. The maximum absolute atomic E-state index is 13.8. The number of amides is 1. The van der Waals surface area contributed by atoms with Crippen LogP contribution >= 0.6 is 23.4 Å². The number of aliphatic hydroxyl groups is 3. The van der Waals surface area contributed by atoms with Gasteiger partial charge in [-0.1, -0.05) is 12.1 Å². The Hall–Kier alpha value is -1.93. The van der Waals surface area contributed by atoms with Crippen LogP contribution in [-0.2, 0) is 14.3 Å². The minimum atomic E-state index is -1.59. The Labute approximate surface area is 231 Å². The molecule has 3 aliphatic rings. The van der Waals surface area contributed by atoms with Gasteiger partial charge >= 0.3 is 11.6 Å². The lowest BCUT2D eigenvalue weighted by Crippen LogP contribution is -2.67. The average Bonchev–Trinajstić information content (AvgIpc) is 3.13. The highest BCUT2D eigenvalue weighted by Crippen LogP contribution is 2.40. The molecule has 10 nitrogen and oxygen atoms in total. The number of ether oxygens (including phenoxy) is 2. The molecule has 0 bridgehead atoms. The zero-order chi connectivity index (χ0) is 27.6. The number of hydrogen-bond donors (Lipinski definition) is 5. The van der Waals surface area contributed by atoms with Gasteiger partial charge < -0.3 is 30.1 Å². The molecule has 1 aromatic carbocycles. The number of benzene rings is 1. The number of alkyl halides is 1. The molecule has 12 heteroatoms. The summed E-state index contributed by atoms with van der Waals surface area (Å²) >= 11 is 7.61. The van der Waals surface area contributed by atoms with Crippen molar-refractivity contribution in [3.05, 3.63) is 40.2 Å². The lowest BCUT2D eigenvalue weighted by molar-refractivity contribution is -0.205. The van der Waals surface area contributed by atoms with Crippen LogP contribution in [0, 0.1) is 23.8 Å². The van der Waals surface area contributed by atoms with Gasteiger partial charge in [0.25, 0.3) is 6.57 Å². The molecule has 3 unspecified atom stereocenters. The molecule has 0 aliphatic carbocycles. The molecule has 38 heavy (non-hydrogen) atoms. The van der Waals surface area contributed by atoms with E-state index in [0.29, 0.717) is 18.7 Å². The molecule has 0 aromatic heterocycles. The second kappa shape index (κ2) is 12.1. The SMILES string of the molecule is C#[N+][C@]1(C(=O)N[C@H]([C@H](C)Cl)[C@H]2OC(SC)[C@H](O)C(O)C2O)NC[C@@H]2C[C@H](c3ccc(C#N)cc3)CCO[C@H]21. The number of thioether (sulfide) groups is 1. The number of fused-ring (bicyclic) bond motifs is 1. The first-order valence-corrected chi connectivity index (χ1v) is 14.4. The summed E-state index contributed by atoms with van der Waals surface area (Å²) in [5.41, 5.74) is -0.717. The van der Waals surface area contributed by atoms with Crippen molar-refractivity contribution in [2.24, 2.45) is 5.92 Å². The number of aliphatic hydroxyl groups excluding tert-OH is 3. The van der Waals surface area contributed by atoms with Crippen LogP contribution in [-0.4, -0.2) is 93.7 Å². The quantitative estimate of drug-likeness (QED) is 0.318. The third kappa shape index (κ3) is 5.40. The van der Waals surface area contributed by atoms with Crippen molar-refractivity contribution in [3.8, 4) is 12.6 Å². The standard InChI is InChI=1S/C26H33ClN4O6S/c1-13(27)18(22-20(33)19(32)21(34)24(37-22)38-3)31-25(35)26(29-2)23-17(12-30-26)10-16(8-9-36-23)15-6-4-14(11-28)5-7-15/h2,4-7,13,16-24,30,32-34H,8-10,12H2,1,3H3/p+1/t13-,16+,17-,18+,19?,20?,21+,22+,23+,24?,26-/m0/s1. The van der Waals surface area contributed by atoms with Crippen LogP contribution in [0.4, 0.5) is 0 Å². The average molecular weight is 566 g/mol. The van der Waals surface area contributed by atoms with E-state index in [0.717, 1.165) is 18.4 Å². The summed E-state index contributed by atoms with van der Waals surface area (Å²) in [6.45, 7) is 8.31. The van der Waals surface area contributed by atoms with E-state index >= 15 is 0 Å². The summed E-state index contributed by atoms with van der Waals surface area (Å²) < 4.78 is 12.0. The highest BCUT2D eigenvalue weighted by Gasteiger charge is 2.65. The van der Waals surface area contributed by atoms with E-state index in [4.69, 9.17) is 32.9 Å². The van der Waals surface area contributed by atoms with Crippen molar-refractivity contribution in [2.75, 3.05) is 19.4 Å². The fourth-order valence-corrected chi connectivity index (χ4v) is 6.61. The van der Waals surface area contributed by atoms with Crippen molar-refractivity contribution < 1.29 is 29.6 Å². The second-order valence-corrected chi connectivity index (χ2v) is 11.8. The maximum atomic E-state index is 13.8. The first-order chi connectivity index (χ1) is 18.2. The molecule has 5 N–H and O–H groups in total. The Balaban J connectivity index is 1.52. The summed E-state index contributed by atoms with van der Waals surface area (Å²) in [7, 11) is 0. The first kappa shape index (κ1) is 29.1. The molecule has 11 atom stereocenters. The predicted octanol–water partition coefficient (Wildman–Crippen LogP) is 0.982. The van der Waals surface area contributed by atoms with E-state index in [-0.39, 0.29) is 11.8 Å². The Morgan fingerprint density at radius 1 is 1.32 bits per heavy atom. The van der Waals surface area contributed by atoms with Crippen LogP contribution in [0.5, 0.6) is 0 Å². The summed E-state index contributed by atoms with van der Waals surface area (Å²) in [6, 6.07) is 8.69. The molecule has 4 rings (SSSR count). The number of nitrogens with zero attached hydrogens (tertiary/aromatic N) is 2. The third-order valence-electron chi connectivity index (χ3n) is 7.87. The van der Waals surface area contributed by atoms with Crippen LogP contribution in [0.1, 0.15) is 36.8 Å². The van der Waals surface area contributed by atoms with Crippen LogP contribution in [0.25, 0.3) is 4.85 Å². The van der Waals surface area contributed by atoms with E-state index in [2.05, 4.69) is 21.5 Å². The van der Waals surface area contributed by atoms with Gasteiger partial charge in [0.2, 0.25) is 0 Å². The minimum absolute atomic E-state index is 0.0718. The van der Waals surface area contributed by atoms with Gasteiger partial charge in [-0.25, -0.2) is 5.32 Å². The molecule has 0 saturated carbocycles. The Morgan fingerprint density at radius 2 is 2.03 bits per heavy atom. The summed E-state index contributed by atoms with van der Waals surface area (Å²) in [5, 5.41) is 45.7. The van der Waals surface area contributed by atoms with Gasteiger partial charge in [0.15, 0.2) is 6.10 Å². The molecule has 206 valence electrons. The molecule has 3 heterocycles. The van der Waals surface area contributed by atoms with Gasteiger partial charge in [-0.15, -0.1) is 23.4 Å². The molecule has 3 aliphatic heterocycles. The number of carbonyl (C=O) groups excluding carboxylic acids is 1. The van der Waals surface area contributed by atoms with Gasteiger partial charge in [-0.2, -0.15) is 5.26 Å². The summed E-state index contributed by atoms with van der Waals surface area (Å²) in [5.74, 6) is -0.481. The molecular formula is C26H34ClN4O6S+. The van der Waals surface area contributed by atoms with Crippen molar-refractivity contribution in [1.29, 1.82) is 5.26 Å². The number of nitriles is 1. The van der Waals surface area contributed by atoms with Crippen LogP contribution < -0.4 is 10.6 Å². The highest BCUT2D eigenvalue weighted by molar-refractivity contribution is 7.99. The van der Waals surface area contributed by atoms with E-state index in [9.17, 15) is 20.1 Å². The van der Waals surface area contributed by atoms with Crippen molar-refractivity contribution in [3.63, 3.8) is 0 Å². The van der Waals surface area contributed by atoms with E-state index in [1.807, 2.05) is 12.1 Å². The van der Waals surface area contributed by atoms with Crippen molar-refractivity contribution in [2.45, 2.75) is 78.7 Å². The van der Waals surface area contributed by atoms with Gasteiger partial charge in [0.1, 0.15) is 29.9 Å². The van der Waals surface area contributed by atoms with Gasteiger partial charge in [0.05, 0.1) is 23.1 Å². The second-order valence-electron chi connectivity index (χ2n) is 10.1. The maximum Gasteiger partial charge on any atom is 0.437 e. The predicted molar refractivity (Wildman–Crippen MR) is 143 cm³/mol. The third-order valence-corrected chi connectivity index (χ3v) is 9.00. The number of hydrogen-bond acceptors (Lipinski definition) is 9. The number of rotatable bonds is 6. The topological polar surface area (TPSA) is 148 Å². The summed E-state index contributed by atoms with van der Waals surface area (Å²) in [6.07, 6.45) is -2.84. The van der Waals surface area contributed by atoms with Gasteiger partial charge in [-0.05, 0) is 54.5 Å². The Kier molecular flexibility index (Phi) is 9.23. The fraction of sp³-hybridized carbons (Fsp3) is 0.654. The zero-order valence-electron chi connectivity index (χ0n) is 21.2. The van der Waals surface area contributed by atoms with E-state index in [1.54, 1.807) is 25.3 Å².